The fourth-order valence-electron chi connectivity index (χ4n) is 3.23. The van der Waals surface area contributed by atoms with E-state index in [1.54, 1.807) is 18.9 Å². The molecule has 0 fully saturated rings. The van der Waals surface area contributed by atoms with Gasteiger partial charge in [0.15, 0.2) is 0 Å². The molecule has 0 radical (unpaired) electrons. The highest BCUT2D eigenvalue weighted by atomic mass is 35.5. The highest BCUT2D eigenvalue weighted by Crippen LogP contribution is 2.26. The molecule has 32 heavy (non-hydrogen) atoms. The van der Waals surface area contributed by atoms with E-state index in [4.69, 9.17) is 16.7 Å². The van der Waals surface area contributed by atoms with E-state index in [0.29, 0.717) is 11.6 Å². The number of carbonyl (C=O) groups is 2. The van der Waals surface area contributed by atoms with E-state index < -0.39 is 11.5 Å². The van der Waals surface area contributed by atoms with Gasteiger partial charge in [0, 0.05) is 41.4 Å². The molecule has 1 heterocycles. The number of carbonyl (C=O) groups excluding carboxylic acids is 2. The first-order chi connectivity index (χ1) is 15.1. The van der Waals surface area contributed by atoms with Gasteiger partial charge in [-0.15, -0.1) is 0 Å². The molecule has 3 aromatic rings. The Labute approximate surface area is 194 Å². The van der Waals surface area contributed by atoms with E-state index in [1.165, 1.54) is 0 Å². The minimum absolute atomic E-state index is 0.162. The third kappa shape index (κ3) is 5.56. The van der Waals surface area contributed by atoms with Crippen molar-refractivity contribution in [2.75, 3.05) is 7.05 Å². The van der Waals surface area contributed by atoms with E-state index in [2.05, 4.69) is 5.32 Å². The molecule has 0 aliphatic heterocycles. The molecule has 1 N–H and O–H groups in total. The third-order valence-electron chi connectivity index (χ3n) is 5.11. The average Bonchev–Trinajstić information content (AvgIpc) is 3.17. The second-order valence-electron chi connectivity index (χ2n) is 8.93. The topological polar surface area (TPSA) is 67.2 Å². The van der Waals surface area contributed by atoms with Crippen LogP contribution in [-0.2, 0) is 16.1 Å². The Morgan fingerprint density at radius 3 is 2.31 bits per heavy atom. The summed E-state index contributed by atoms with van der Waals surface area (Å²) in [5, 5.41) is 8.24. The Hall–Kier alpha value is -3.12. The van der Waals surface area contributed by atoms with Crippen molar-refractivity contribution in [1.29, 1.82) is 0 Å². The van der Waals surface area contributed by atoms with E-state index >= 15 is 0 Å². The highest BCUT2D eigenvalue weighted by Gasteiger charge is 2.27. The highest BCUT2D eigenvalue weighted by molar-refractivity contribution is 6.30. The lowest BCUT2D eigenvalue weighted by Crippen LogP contribution is -2.48. The van der Waals surface area contributed by atoms with Gasteiger partial charge in [0.2, 0.25) is 11.8 Å². The fourth-order valence-corrected chi connectivity index (χ4v) is 3.35. The van der Waals surface area contributed by atoms with E-state index in [1.807, 2.05) is 86.2 Å². The second kappa shape index (κ2) is 9.57. The number of aromatic nitrogens is 2. The molecular formula is C25H29ClN4O2. The largest absolute Gasteiger partial charge is 0.344 e. The SMILES string of the molecule is CC(NC(=O)C(C)(C)C)C(=O)N(C)Cc1cn(-c2ccccc2)nc1-c1ccc(Cl)cc1. The summed E-state index contributed by atoms with van der Waals surface area (Å²) in [5.41, 5.74) is 2.94. The monoisotopic (exact) mass is 452 g/mol. The Morgan fingerprint density at radius 1 is 1.09 bits per heavy atom. The summed E-state index contributed by atoms with van der Waals surface area (Å²) < 4.78 is 1.81. The number of amides is 2. The van der Waals surface area contributed by atoms with Crippen LogP contribution in [0.4, 0.5) is 0 Å². The molecule has 0 bridgehead atoms. The van der Waals surface area contributed by atoms with Gasteiger partial charge in [0.25, 0.3) is 0 Å². The second-order valence-corrected chi connectivity index (χ2v) is 9.37. The molecule has 3 rings (SSSR count). The number of hydrogen-bond acceptors (Lipinski definition) is 3. The number of hydrogen-bond donors (Lipinski definition) is 1. The molecule has 6 nitrogen and oxygen atoms in total. The molecule has 0 saturated heterocycles. The quantitative estimate of drug-likeness (QED) is 0.589. The van der Waals surface area contributed by atoms with Crippen molar-refractivity contribution in [2.45, 2.75) is 40.3 Å². The molecular weight excluding hydrogens is 424 g/mol. The van der Waals surface area contributed by atoms with Gasteiger partial charge < -0.3 is 10.2 Å². The van der Waals surface area contributed by atoms with Crippen LogP contribution in [0.5, 0.6) is 0 Å². The summed E-state index contributed by atoms with van der Waals surface area (Å²) in [6.07, 6.45) is 1.93. The minimum atomic E-state index is -0.630. The van der Waals surface area contributed by atoms with Gasteiger partial charge in [-0.25, -0.2) is 4.68 Å². The van der Waals surface area contributed by atoms with E-state index in [9.17, 15) is 9.59 Å². The lowest BCUT2D eigenvalue weighted by Gasteiger charge is -2.25. The molecule has 0 saturated carbocycles. The number of rotatable bonds is 6. The Kier molecular flexibility index (Phi) is 7.04. The zero-order valence-electron chi connectivity index (χ0n) is 19.1. The lowest BCUT2D eigenvalue weighted by atomic mass is 9.95. The van der Waals surface area contributed by atoms with E-state index in [-0.39, 0.29) is 11.8 Å². The molecule has 2 aromatic carbocycles. The van der Waals surface area contributed by atoms with Crippen LogP contribution >= 0.6 is 11.6 Å². The Morgan fingerprint density at radius 2 is 1.72 bits per heavy atom. The molecule has 1 aromatic heterocycles. The van der Waals surface area contributed by atoms with Crippen molar-refractivity contribution < 1.29 is 9.59 Å². The maximum atomic E-state index is 12.9. The van der Waals surface area contributed by atoms with Crippen LogP contribution in [0.1, 0.15) is 33.3 Å². The van der Waals surface area contributed by atoms with Crippen LogP contribution in [0.3, 0.4) is 0 Å². The van der Waals surface area contributed by atoms with Crippen molar-refractivity contribution in [3.8, 4) is 16.9 Å². The maximum absolute atomic E-state index is 12.9. The summed E-state index contributed by atoms with van der Waals surface area (Å²) in [7, 11) is 1.73. The Balaban J connectivity index is 1.87. The predicted octanol–water partition coefficient (Wildman–Crippen LogP) is 4.70. The molecule has 2 amide bonds. The lowest BCUT2D eigenvalue weighted by molar-refractivity contribution is -0.137. The molecule has 0 aliphatic carbocycles. The summed E-state index contributed by atoms with van der Waals surface area (Å²) >= 11 is 6.06. The molecule has 0 spiro atoms. The molecule has 168 valence electrons. The van der Waals surface area contributed by atoms with Gasteiger partial charge in [-0.2, -0.15) is 5.10 Å². The van der Waals surface area contributed by atoms with Gasteiger partial charge in [0.05, 0.1) is 11.4 Å². The Bertz CT molecular complexity index is 1090. The zero-order chi connectivity index (χ0) is 23.5. The number of benzene rings is 2. The number of halogens is 1. The van der Waals surface area contributed by atoms with Gasteiger partial charge in [-0.3, -0.25) is 9.59 Å². The maximum Gasteiger partial charge on any atom is 0.244 e. The van der Waals surface area contributed by atoms with Crippen molar-refractivity contribution in [3.05, 3.63) is 71.4 Å². The van der Waals surface area contributed by atoms with Crippen LogP contribution < -0.4 is 5.32 Å². The molecule has 1 unspecified atom stereocenters. The number of para-hydroxylation sites is 1. The predicted molar refractivity (Wildman–Crippen MR) is 128 cm³/mol. The normalized spacial score (nSPS) is 12.3. The van der Waals surface area contributed by atoms with Crippen LogP contribution in [0.25, 0.3) is 16.9 Å². The average molecular weight is 453 g/mol. The van der Waals surface area contributed by atoms with Crippen molar-refractivity contribution in [2.24, 2.45) is 5.41 Å². The first-order valence-electron chi connectivity index (χ1n) is 10.5. The molecule has 7 heteroatoms. The number of nitrogens with one attached hydrogen (secondary N) is 1. The van der Waals surface area contributed by atoms with Gasteiger partial charge in [-0.1, -0.05) is 62.7 Å². The van der Waals surface area contributed by atoms with Crippen LogP contribution in [-0.4, -0.2) is 39.6 Å². The van der Waals surface area contributed by atoms with Gasteiger partial charge >= 0.3 is 0 Å². The fraction of sp³-hybridized carbons (Fsp3) is 0.320. The summed E-state index contributed by atoms with van der Waals surface area (Å²) in [6.45, 7) is 7.51. The van der Waals surface area contributed by atoms with E-state index in [0.717, 1.165) is 22.5 Å². The van der Waals surface area contributed by atoms with Gasteiger partial charge in [0.1, 0.15) is 6.04 Å². The van der Waals surface area contributed by atoms with Crippen LogP contribution in [0.15, 0.2) is 60.8 Å². The van der Waals surface area contributed by atoms with Crippen molar-refractivity contribution in [1.82, 2.24) is 20.0 Å². The van der Waals surface area contributed by atoms with Crippen LogP contribution in [0.2, 0.25) is 5.02 Å². The third-order valence-corrected chi connectivity index (χ3v) is 5.36. The standard InChI is InChI=1S/C25H29ClN4O2/c1-17(27-24(32)25(2,3)4)23(31)29(5)15-19-16-30(21-9-7-6-8-10-21)28-22(19)18-11-13-20(26)14-12-18/h6-14,16-17H,15H2,1-5H3,(H,27,32). The first kappa shape index (κ1) is 23.5. The first-order valence-corrected chi connectivity index (χ1v) is 10.9. The van der Waals surface area contributed by atoms with Gasteiger partial charge in [-0.05, 0) is 31.2 Å². The summed E-state index contributed by atoms with van der Waals surface area (Å²) in [4.78, 5) is 26.8. The number of likely N-dealkylation sites (N-methyl/N-ethyl adjacent to an activating group) is 1. The minimum Gasteiger partial charge on any atom is -0.344 e. The summed E-state index contributed by atoms with van der Waals surface area (Å²) in [6, 6.07) is 16.6. The smallest absolute Gasteiger partial charge is 0.244 e. The summed E-state index contributed by atoms with van der Waals surface area (Å²) in [5.74, 6) is -0.331. The molecule has 1 atom stereocenters. The van der Waals surface area contributed by atoms with Crippen molar-refractivity contribution in [3.63, 3.8) is 0 Å². The van der Waals surface area contributed by atoms with Crippen LogP contribution in [0, 0.1) is 5.41 Å². The molecule has 0 aliphatic rings. The number of nitrogens with zero attached hydrogens (tertiary/aromatic N) is 3. The van der Waals surface area contributed by atoms with Crippen molar-refractivity contribution >= 4 is 23.4 Å². The zero-order valence-corrected chi connectivity index (χ0v) is 19.8.